The number of dihydropyridines is 1. The standard InChI is InChI=1S/C25H24ClNO4/c1-14-22(25(29)31-3)23(15-7-6-8-17(26)11-15)24-19(27-14)12-16(13-20(24)28)18-9-4-5-10-21(18)30-2/h4-11,16,23,27H,12-13H2,1-3H3. The van der Waals surface area contributed by atoms with Gasteiger partial charge in [-0.15, -0.1) is 0 Å². The lowest BCUT2D eigenvalue weighted by atomic mass is 9.71. The van der Waals surface area contributed by atoms with Crippen molar-refractivity contribution in [2.45, 2.75) is 31.6 Å². The van der Waals surface area contributed by atoms with Gasteiger partial charge in [-0.2, -0.15) is 0 Å². The van der Waals surface area contributed by atoms with Gasteiger partial charge in [-0.25, -0.2) is 4.79 Å². The van der Waals surface area contributed by atoms with E-state index < -0.39 is 11.9 Å². The molecule has 2 aromatic carbocycles. The van der Waals surface area contributed by atoms with Crippen LogP contribution in [0.15, 0.2) is 71.1 Å². The average molecular weight is 438 g/mol. The SMILES string of the molecule is COC(=O)C1=C(C)NC2=C(C(=O)CC(c3ccccc3OC)C2)C1c1cccc(Cl)c1. The van der Waals surface area contributed by atoms with Crippen molar-refractivity contribution in [3.05, 3.63) is 87.2 Å². The molecule has 4 rings (SSSR count). The third-order valence-corrected chi connectivity index (χ3v) is 6.23. The Hall–Kier alpha value is -3.05. The smallest absolute Gasteiger partial charge is 0.336 e. The number of methoxy groups -OCH3 is 2. The van der Waals surface area contributed by atoms with E-state index in [1.165, 1.54) is 7.11 Å². The summed E-state index contributed by atoms with van der Waals surface area (Å²) in [6.07, 6.45) is 0.982. The van der Waals surface area contributed by atoms with Crippen LogP contribution < -0.4 is 10.1 Å². The van der Waals surface area contributed by atoms with Crippen molar-refractivity contribution >= 4 is 23.4 Å². The van der Waals surface area contributed by atoms with Gasteiger partial charge < -0.3 is 14.8 Å². The topological polar surface area (TPSA) is 64.6 Å². The fourth-order valence-electron chi connectivity index (χ4n) is 4.66. The number of ketones is 1. The molecule has 0 spiro atoms. The zero-order valence-corrected chi connectivity index (χ0v) is 18.5. The predicted octanol–water partition coefficient (Wildman–Crippen LogP) is 4.88. The molecule has 0 saturated heterocycles. The number of rotatable bonds is 4. The van der Waals surface area contributed by atoms with Gasteiger partial charge in [0.15, 0.2) is 5.78 Å². The number of halogens is 1. The highest BCUT2D eigenvalue weighted by atomic mass is 35.5. The third-order valence-electron chi connectivity index (χ3n) is 5.99. The Morgan fingerprint density at radius 1 is 1.10 bits per heavy atom. The van der Waals surface area contributed by atoms with Gasteiger partial charge in [-0.3, -0.25) is 4.79 Å². The lowest BCUT2D eigenvalue weighted by Crippen LogP contribution is -2.36. The summed E-state index contributed by atoms with van der Waals surface area (Å²) in [4.78, 5) is 26.2. The maximum absolute atomic E-state index is 13.5. The molecule has 0 amide bonds. The van der Waals surface area contributed by atoms with Crippen LogP contribution in [0, 0.1) is 0 Å². The van der Waals surface area contributed by atoms with Crippen LogP contribution in [-0.2, 0) is 14.3 Å². The van der Waals surface area contributed by atoms with Crippen molar-refractivity contribution in [3.8, 4) is 5.75 Å². The van der Waals surface area contributed by atoms with Gasteiger partial charge in [0.2, 0.25) is 0 Å². The lowest BCUT2D eigenvalue weighted by Gasteiger charge is -2.36. The molecule has 0 bridgehead atoms. The van der Waals surface area contributed by atoms with Crippen LogP contribution in [0.25, 0.3) is 0 Å². The van der Waals surface area contributed by atoms with Gasteiger partial charge in [-0.05, 0) is 42.7 Å². The Morgan fingerprint density at radius 3 is 2.58 bits per heavy atom. The minimum Gasteiger partial charge on any atom is -0.496 e. The molecular formula is C25H24ClNO4. The zero-order valence-electron chi connectivity index (χ0n) is 17.7. The van der Waals surface area contributed by atoms with Crippen molar-refractivity contribution in [3.63, 3.8) is 0 Å². The van der Waals surface area contributed by atoms with Crippen LogP contribution in [0.4, 0.5) is 0 Å². The molecular weight excluding hydrogens is 414 g/mol. The number of carbonyl (C=O) groups excluding carboxylic acids is 2. The van der Waals surface area contributed by atoms with E-state index in [0.29, 0.717) is 34.7 Å². The normalized spacial score (nSPS) is 20.8. The summed E-state index contributed by atoms with van der Waals surface area (Å²) in [7, 11) is 2.99. The van der Waals surface area contributed by atoms with Crippen molar-refractivity contribution in [2.75, 3.05) is 14.2 Å². The highest BCUT2D eigenvalue weighted by Gasteiger charge is 2.41. The number of esters is 1. The average Bonchev–Trinajstić information content (AvgIpc) is 2.77. The minimum absolute atomic E-state index is 0.00327. The summed E-state index contributed by atoms with van der Waals surface area (Å²) in [5.74, 6) is -0.213. The fourth-order valence-corrected chi connectivity index (χ4v) is 4.86. The first-order valence-corrected chi connectivity index (χ1v) is 10.5. The molecule has 1 aliphatic heterocycles. The largest absolute Gasteiger partial charge is 0.496 e. The summed E-state index contributed by atoms with van der Waals surface area (Å²) < 4.78 is 10.6. The molecule has 2 aromatic rings. The number of carbonyl (C=O) groups is 2. The first-order valence-electron chi connectivity index (χ1n) is 10.1. The minimum atomic E-state index is -0.520. The number of Topliss-reactive ketones (excluding diaryl/α,β-unsaturated/α-hetero) is 1. The summed E-state index contributed by atoms with van der Waals surface area (Å²) >= 11 is 6.25. The highest BCUT2D eigenvalue weighted by Crippen LogP contribution is 2.47. The second-order valence-electron chi connectivity index (χ2n) is 7.81. The molecule has 0 saturated carbocycles. The number of hydrogen-bond donors (Lipinski definition) is 1. The Kier molecular flexibility index (Phi) is 5.88. The van der Waals surface area contributed by atoms with E-state index in [2.05, 4.69) is 5.32 Å². The van der Waals surface area contributed by atoms with E-state index in [1.807, 2.05) is 43.3 Å². The van der Waals surface area contributed by atoms with Gasteiger partial charge in [0.25, 0.3) is 0 Å². The van der Waals surface area contributed by atoms with E-state index in [1.54, 1.807) is 19.2 Å². The summed E-state index contributed by atoms with van der Waals surface area (Å²) in [5, 5.41) is 3.88. The number of para-hydroxylation sites is 1. The monoisotopic (exact) mass is 437 g/mol. The number of ether oxygens (including phenoxy) is 2. The van der Waals surface area contributed by atoms with E-state index >= 15 is 0 Å². The third kappa shape index (κ3) is 3.86. The van der Waals surface area contributed by atoms with Crippen molar-refractivity contribution in [1.82, 2.24) is 5.32 Å². The molecule has 2 unspecified atom stereocenters. The van der Waals surface area contributed by atoms with Crippen LogP contribution in [-0.4, -0.2) is 26.0 Å². The molecule has 5 nitrogen and oxygen atoms in total. The Bertz CT molecular complexity index is 1120. The van der Waals surface area contributed by atoms with E-state index in [4.69, 9.17) is 21.1 Å². The zero-order chi connectivity index (χ0) is 22.1. The van der Waals surface area contributed by atoms with E-state index in [9.17, 15) is 9.59 Å². The molecule has 1 aliphatic carbocycles. The molecule has 160 valence electrons. The summed E-state index contributed by atoms with van der Waals surface area (Å²) in [6, 6.07) is 15.1. The Morgan fingerprint density at radius 2 is 1.87 bits per heavy atom. The Labute approximate surface area is 186 Å². The predicted molar refractivity (Wildman–Crippen MR) is 119 cm³/mol. The molecule has 0 radical (unpaired) electrons. The van der Waals surface area contributed by atoms with E-state index in [0.717, 1.165) is 22.6 Å². The molecule has 2 atom stereocenters. The summed E-state index contributed by atoms with van der Waals surface area (Å²) in [5.41, 5.74) is 4.37. The molecule has 31 heavy (non-hydrogen) atoms. The number of hydrogen-bond acceptors (Lipinski definition) is 5. The molecule has 0 aromatic heterocycles. The van der Waals surface area contributed by atoms with Crippen LogP contribution in [0.1, 0.15) is 42.7 Å². The van der Waals surface area contributed by atoms with Crippen LogP contribution in [0.3, 0.4) is 0 Å². The maximum Gasteiger partial charge on any atom is 0.336 e. The second kappa shape index (κ2) is 8.60. The first kappa shape index (κ1) is 21.2. The quantitative estimate of drug-likeness (QED) is 0.690. The summed E-state index contributed by atoms with van der Waals surface area (Å²) in [6.45, 7) is 1.84. The van der Waals surface area contributed by atoms with Crippen molar-refractivity contribution < 1.29 is 19.1 Å². The molecule has 1 N–H and O–H groups in total. The van der Waals surface area contributed by atoms with Crippen LogP contribution in [0.5, 0.6) is 5.75 Å². The Balaban J connectivity index is 1.82. The van der Waals surface area contributed by atoms with Crippen molar-refractivity contribution in [1.29, 1.82) is 0 Å². The first-order chi connectivity index (χ1) is 14.9. The maximum atomic E-state index is 13.5. The lowest BCUT2D eigenvalue weighted by molar-refractivity contribution is -0.136. The second-order valence-corrected chi connectivity index (χ2v) is 8.24. The molecule has 1 heterocycles. The molecule has 6 heteroatoms. The number of allylic oxidation sites excluding steroid dienone is 3. The van der Waals surface area contributed by atoms with Gasteiger partial charge >= 0.3 is 5.97 Å². The van der Waals surface area contributed by atoms with Crippen LogP contribution in [0.2, 0.25) is 5.02 Å². The van der Waals surface area contributed by atoms with Crippen molar-refractivity contribution in [2.24, 2.45) is 0 Å². The van der Waals surface area contributed by atoms with Gasteiger partial charge in [-0.1, -0.05) is 41.9 Å². The number of benzene rings is 2. The fraction of sp³-hybridized carbons (Fsp3) is 0.280. The van der Waals surface area contributed by atoms with Crippen LogP contribution >= 0.6 is 11.6 Å². The van der Waals surface area contributed by atoms with Gasteiger partial charge in [0, 0.05) is 40.2 Å². The number of nitrogens with one attached hydrogen (secondary N) is 1. The molecule has 0 fully saturated rings. The van der Waals surface area contributed by atoms with Gasteiger partial charge in [0.1, 0.15) is 5.75 Å². The molecule has 2 aliphatic rings. The van der Waals surface area contributed by atoms with E-state index in [-0.39, 0.29) is 11.7 Å². The van der Waals surface area contributed by atoms with Gasteiger partial charge in [0.05, 0.1) is 19.8 Å². The highest BCUT2D eigenvalue weighted by molar-refractivity contribution is 6.30.